The molecule has 2 aromatic rings. The molecule has 1 amide bonds. The Kier molecular flexibility index (Phi) is 7.27. The van der Waals surface area contributed by atoms with Crippen molar-refractivity contribution in [1.82, 2.24) is 5.32 Å². The highest BCUT2D eigenvalue weighted by Gasteiger charge is 2.52. The number of carbonyl (C=O) groups excluding carboxylic acids is 1. The number of aliphatic carboxylic acids is 1. The highest BCUT2D eigenvalue weighted by molar-refractivity contribution is 5.94. The van der Waals surface area contributed by atoms with E-state index in [4.69, 9.17) is 9.84 Å². The van der Waals surface area contributed by atoms with Crippen LogP contribution in [0.1, 0.15) is 23.7 Å². The number of aliphatic hydroxyl groups excluding tert-OH is 3. The number of carboxylic acids is 1. The van der Waals surface area contributed by atoms with Crippen LogP contribution in [0.3, 0.4) is 0 Å². The van der Waals surface area contributed by atoms with Crippen LogP contribution in [0.4, 0.5) is 0 Å². The number of nitrogens with one attached hydrogen (secondary N) is 1. The van der Waals surface area contributed by atoms with Crippen LogP contribution in [0.25, 0.3) is 11.1 Å². The van der Waals surface area contributed by atoms with Gasteiger partial charge in [-0.05, 0) is 23.3 Å². The van der Waals surface area contributed by atoms with Gasteiger partial charge in [-0.2, -0.15) is 0 Å². The largest absolute Gasteiger partial charge is 0.477 e. The van der Waals surface area contributed by atoms with Crippen LogP contribution in [0.15, 0.2) is 54.6 Å². The Morgan fingerprint density at radius 1 is 1.09 bits per heavy atom. The Morgan fingerprint density at radius 2 is 1.69 bits per heavy atom. The summed E-state index contributed by atoms with van der Waals surface area (Å²) in [6.45, 7) is 1.15. The van der Waals surface area contributed by atoms with E-state index in [2.05, 4.69) is 5.32 Å². The second-order valence-corrected chi connectivity index (χ2v) is 8.01. The first-order valence-electron chi connectivity index (χ1n) is 10.2. The van der Waals surface area contributed by atoms with Crippen molar-refractivity contribution in [3.8, 4) is 11.1 Å². The Bertz CT molecular complexity index is 935. The third-order valence-electron chi connectivity index (χ3n) is 5.73. The maximum absolute atomic E-state index is 12.4. The molecule has 6 atom stereocenters. The van der Waals surface area contributed by atoms with Crippen LogP contribution in [0, 0.1) is 5.92 Å². The van der Waals surface area contributed by atoms with E-state index in [1.807, 2.05) is 30.3 Å². The maximum atomic E-state index is 12.4. The summed E-state index contributed by atoms with van der Waals surface area (Å²) in [5.74, 6) is -5.63. The second-order valence-electron chi connectivity index (χ2n) is 8.01. The number of amides is 1. The molecule has 1 aliphatic heterocycles. The smallest absolute Gasteiger partial charge is 0.364 e. The Balaban J connectivity index is 1.60. The van der Waals surface area contributed by atoms with Crippen molar-refractivity contribution in [2.75, 3.05) is 6.54 Å². The molecule has 2 aromatic carbocycles. The van der Waals surface area contributed by atoms with Gasteiger partial charge in [0.15, 0.2) is 0 Å². The minimum Gasteiger partial charge on any atom is -0.477 e. The normalized spacial score (nSPS) is 27.3. The lowest BCUT2D eigenvalue weighted by Gasteiger charge is -2.43. The molecule has 6 N–H and O–H groups in total. The zero-order valence-corrected chi connectivity index (χ0v) is 17.5. The van der Waals surface area contributed by atoms with E-state index in [1.165, 1.54) is 6.92 Å². The van der Waals surface area contributed by atoms with Gasteiger partial charge in [-0.1, -0.05) is 49.4 Å². The van der Waals surface area contributed by atoms with Gasteiger partial charge in [-0.3, -0.25) is 4.79 Å². The van der Waals surface area contributed by atoms with Crippen LogP contribution >= 0.6 is 0 Å². The van der Waals surface area contributed by atoms with Gasteiger partial charge in [0.1, 0.15) is 6.10 Å². The highest BCUT2D eigenvalue weighted by Crippen LogP contribution is 2.33. The van der Waals surface area contributed by atoms with Gasteiger partial charge >= 0.3 is 5.97 Å². The lowest BCUT2D eigenvalue weighted by atomic mass is 9.84. The van der Waals surface area contributed by atoms with E-state index in [0.717, 1.165) is 11.1 Å². The molecule has 32 heavy (non-hydrogen) atoms. The molecule has 0 bridgehead atoms. The molecule has 3 unspecified atom stereocenters. The monoisotopic (exact) mass is 445 g/mol. The number of aliphatic hydroxyl groups is 4. The van der Waals surface area contributed by atoms with E-state index >= 15 is 0 Å². The molecule has 1 aliphatic rings. The summed E-state index contributed by atoms with van der Waals surface area (Å²) in [4.78, 5) is 23.7. The first-order valence-corrected chi connectivity index (χ1v) is 10.2. The molecule has 0 saturated carbocycles. The summed E-state index contributed by atoms with van der Waals surface area (Å²) in [7, 11) is 0. The zero-order chi connectivity index (χ0) is 23.5. The molecule has 9 nitrogen and oxygen atoms in total. The van der Waals surface area contributed by atoms with Crippen molar-refractivity contribution in [1.29, 1.82) is 0 Å². The van der Waals surface area contributed by atoms with Crippen molar-refractivity contribution in [2.45, 2.75) is 43.5 Å². The van der Waals surface area contributed by atoms with Gasteiger partial charge in [0.2, 0.25) is 0 Å². The van der Waals surface area contributed by atoms with Gasteiger partial charge in [0.25, 0.3) is 11.7 Å². The molecule has 0 radical (unpaired) electrons. The third kappa shape index (κ3) is 5.14. The second kappa shape index (κ2) is 9.76. The lowest BCUT2D eigenvalue weighted by Crippen LogP contribution is -2.60. The third-order valence-corrected chi connectivity index (χ3v) is 5.73. The molecule has 1 heterocycles. The Labute approximate surface area is 184 Å². The number of carboxylic acid groups (broad SMARTS) is 1. The minimum atomic E-state index is -2.68. The van der Waals surface area contributed by atoms with Gasteiger partial charge < -0.3 is 35.6 Å². The van der Waals surface area contributed by atoms with Crippen molar-refractivity contribution < 1.29 is 39.9 Å². The van der Waals surface area contributed by atoms with Crippen molar-refractivity contribution in [2.24, 2.45) is 5.92 Å². The SMILES string of the molecule is C[C@H]1C(C(O)C(O)CNC(=O)c2ccc(-c3ccccc3)cc2)O[C@@](O)(C(=O)O)C[C@H]1O. The minimum absolute atomic E-state index is 0.351. The first-order chi connectivity index (χ1) is 15.1. The summed E-state index contributed by atoms with van der Waals surface area (Å²) < 4.78 is 5.12. The highest BCUT2D eigenvalue weighted by atomic mass is 16.7. The fourth-order valence-electron chi connectivity index (χ4n) is 3.67. The number of rotatable bonds is 7. The lowest BCUT2D eigenvalue weighted by molar-refractivity contribution is -0.301. The van der Waals surface area contributed by atoms with E-state index < -0.39 is 54.4 Å². The fourth-order valence-corrected chi connectivity index (χ4v) is 3.67. The van der Waals surface area contributed by atoms with E-state index in [-0.39, 0.29) is 6.54 Å². The Morgan fingerprint density at radius 3 is 2.28 bits per heavy atom. The summed E-state index contributed by atoms with van der Waals surface area (Å²) in [5.41, 5.74) is 2.29. The number of hydrogen-bond acceptors (Lipinski definition) is 7. The Hall–Kier alpha value is -2.82. The predicted molar refractivity (Wildman–Crippen MR) is 113 cm³/mol. The topological polar surface area (TPSA) is 157 Å². The van der Waals surface area contributed by atoms with Gasteiger partial charge in [0, 0.05) is 24.4 Å². The summed E-state index contributed by atoms with van der Waals surface area (Å²) in [6, 6.07) is 16.5. The summed E-state index contributed by atoms with van der Waals surface area (Å²) in [5, 5.41) is 52.5. The molecular weight excluding hydrogens is 418 g/mol. The van der Waals surface area contributed by atoms with Gasteiger partial charge in [-0.15, -0.1) is 0 Å². The van der Waals surface area contributed by atoms with E-state index in [9.17, 15) is 30.0 Å². The molecule has 0 aromatic heterocycles. The zero-order valence-electron chi connectivity index (χ0n) is 17.5. The quantitative estimate of drug-likeness (QED) is 0.357. The first kappa shape index (κ1) is 23.8. The van der Waals surface area contributed by atoms with Crippen LogP contribution in [-0.2, 0) is 9.53 Å². The molecule has 1 saturated heterocycles. The van der Waals surface area contributed by atoms with Crippen LogP contribution < -0.4 is 5.32 Å². The van der Waals surface area contributed by atoms with Crippen LogP contribution in [-0.4, -0.2) is 74.2 Å². The maximum Gasteiger partial charge on any atom is 0.364 e. The fraction of sp³-hybridized carbons (Fsp3) is 0.391. The van der Waals surface area contributed by atoms with Crippen LogP contribution in [0.2, 0.25) is 0 Å². The average molecular weight is 445 g/mol. The molecule has 0 aliphatic carbocycles. The number of hydrogen-bond donors (Lipinski definition) is 6. The molecule has 172 valence electrons. The molecule has 3 rings (SSSR count). The van der Waals surface area contributed by atoms with Gasteiger partial charge in [0.05, 0.1) is 18.3 Å². The van der Waals surface area contributed by atoms with E-state index in [1.54, 1.807) is 24.3 Å². The summed E-state index contributed by atoms with van der Waals surface area (Å²) in [6.07, 6.45) is -6.39. The molecule has 9 heteroatoms. The number of benzene rings is 2. The number of ether oxygens (including phenoxy) is 1. The molecule has 0 spiro atoms. The molecule has 1 fully saturated rings. The van der Waals surface area contributed by atoms with Crippen molar-refractivity contribution >= 4 is 11.9 Å². The van der Waals surface area contributed by atoms with Crippen LogP contribution in [0.5, 0.6) is 0 Å². The average Bonchev–Trinajstić information content (AvgIpc) is 2.79. The van der Waals surface area contributed by atoms with Crippen molar-refractivity contribution in [3.05, 3.63) is 60.2 Å². The number of carbonyl (C=O) groups is 2. The predicted octanol–water partition coefficient (Wildman–Crippen LogP) is 0.364. The van der Waals surface area contributed by atoms with Crippen molar-refractivity contribution in [3.63, 3.8) is 0 Å². The molecular formula is C23H27NO8. The van der Waals surface area contributed by atoms with E-state index in [0.29, 0.717) is 5.56 Å². The summed E-state index contributed by atoms with van der Waals surface area (Å²) >= 11 is 0. The van der Waals surface area contributed by atoms with Gasteiger partial charge in [-0.25, -0.2) is 4.79 Å². The standard InChI is InChI=1S/C23H27NO8/c1-13-17(25)11-23(31,22(29)30)32-20(13)19(27)18(26)12-24-21(28)16-9-7-15(8-10-16)14-5-3-2-4-6-14/h2-10,13,17-20,25-27,31H,11-12H2,1H3,(H,24,28)(H,29,30)/t13-,17-,18?,19?,20?,23-/m1/s1.